The van der Waals surface area contributed by atoms with Gasteiger partial charge in [-0.3, -0.25) is 0 Å². The average Bonchev–Trinajstić information content (AvgIpc) is 2.38. The lowest BCUT2D eigenvalue weighted by molar-refractivity contribution is 0.123. The largest absolute Gasteiger partial charge is 0.396 e. The maximum atomic E-state index is 9.49. The highest BCUT2D eigenvalue weighted by Gasteiger charge is 2.32. The number of anilines is 2. The van der Waals surface area contributed by atoms with E-state index in [1.54, 1.807) is 0 Å². The van der Waals surface area contributed by atoms with Gasteiger partial charge >= 0.3 is 0 Å². The average molecular weight is 271 g/mol. The van der Waals surface area contributed by atoms with Crippen molar-refractivity contribution in [2.75, 3.05) is 37.0 Å². The van der Waals surface area contributed by atoms with E-state index >= 15 is 0 Å². The molecule has 18 heavy (non-hydrogen) atoms. The molecule has 0 aliphatic carbocycles. The Morgan fingerprint density at radius 1 is 1.56 bits per heavy atom. The second-order valence-corrected chi connectivity index (χ2v) is 5.46. The minimum absolute atomic E-state index is 0.0688. The van der Waals surface area contributed by atoms with Gasteiger partial charge in [0.25, 0.3) is 0 Å². The molecule has 1 aromatic rings. The van der Waals surface area contributed by atoms with Gasteiger partial charge in [0.1, 0.15) is 12.0 Å². The van der Waals surface area contributed by atoms with Crippen LogP contribution in [0.15, 0.2) is 6.33 Å². The Morgan fingerprint density at radius 2 is 2.33 bits per heavy atom. The van der Waals surface area contributed by atoms with Crippen LogP contribution in [0.2, 0.25) is 5.15 Å². The number of nitrogens with zero attached hydrogens (tertiary/aromatic N) is 3. The summed E-state index contributed by atoms with van der Waals surface area (Å²) in [6, 6.07) is 0. The highest BCUT2D eigenvalue weighted by atomic mass is 35.5. The van der Waals surface area contributed by atoms with Crippen molar-refractivity contribution >= 4 is 23.1 Å². The molecule has 1 fully saturated rings. The summed E-state index contributed by atoms with van der Waals surface area (Å²) in [7, 11) is 1.81. The smallest absolute Gasteiger partial charge is 0.157 e. The van der Waals surface area contributed by atoms with Crippen molar-refractivity contribution in [3.8, 4) is 0 Å². The molecular weight excluding hydrogens is 252 g/mol. The lowest BCUT2D eigenvalue weighted by Crippen LogP contribution is -2.44. The summed E-state index contributed by atoms with van der Waals surface area (Å²) < 4.78 is 0. The monoisotopic (exact) mass is 270 g/mol. The van der Waals surface area contributed by atoms with Crippen molar-refractivity contribution in [2.24, 2.45) is 5.41 Å². The van der Waals surface area contributed by atoms with E-state index in [0.717, 1.165) is 37.4 Å². The van der Waals surface area contributed by atoms with E-state index in [1.807, 2.05) is 7.05 Å². The third-order valence-corrected chi connectivity index (χ3v) is 3.78. The second kappa shape index (κ2) is 5.28. The summed E-state index contributed by atoms with van der Waals surface area (Å²) >= 11 is 6.06. The molecule has 1 aromatic heterocycles. The molecule has 0 saturated carbocycles. The molecule has 2 rings (SSSR count). The molecule has 1 unspecified atom stereocenters. The van der Waals surface area contributed by atoms with E-state index in [1.165, 1.54) is 6.33 Å². The quantitative estimate of drug-likeness (QED) is 0.820. The first-order valence-corrected chi connectivity index (χ1v) is 6.51. The fraction of sp³-hybridized carbons (Fsp3) is 0.667. The first-order valence-electron chi connectivity index (χ1n) is 6.14. The van der Waals surface area contributed by atoms with E-state index in [-0.39, 0.29) is 12.0 Å². The van der Waals surface area contributed by atoms with Gasteiger partial charge in [-0.25, -0.2) is 9.97 Å². The predicted molar refractivity (Wildman–Crippen MR) is 73.2 cm³/mol. The molecule has 1 aliphatic rings. The fourth-order valence-corrected chi connectivity index (χ4v) is 2.66. The van der Waals surface area contributed by atoms with Gasteiger partial charge in [0.2, 0.25) is 0 Å². The Bertz CT molecular complexity index is 429. The maximum Gasteiger partial charge on any atom is 0.157 e. The normalized spacial score (nSPS) is 24.1. The standard InChI is InChI=1S/C12H19ClN4O/c1-12(7-18)4-3-5-17(6-12)11-9(14-2)10(13)15-8-16-11/h8,14,18H,3-7H2,1-2H3. The molecule has 100 valence electrons. The third-order valence-electron chi connectivity index (χ3n) is 3.49. The molecule has 1 saturated heterocycles. The van der Waals surface area contributed by atoms with Gasteiger partial charge in [-0.05, 0) is 12.8 Å². The van der Waals surface area contributed by atoms with Crippen molar-refractivity contribution in [2.45, 2.75) is 19.8 Å². The number of piperidine rings is 1. The first-order chi connectivity index (χ1) is 8.59. The van der Waals surface area contributed by atoms with Gasteiger partial charge < -0.3 is 15.3 Å². The number of hydrogen-bond acceptors (Lipinski definition) is 5. The zero-order valence-corrected chi connectivity index (χ0v) is 11.5. The van der Waals surface area contributed by atoms with Crippen LogP contribution < -0.4 is 10.2 Å². The number of aliphatic hydroxyl groups excluding tert-OH is 1. The number of nitrogens with one attached hydrogen (secondary N) is 1. The van der Waals surface area contributed by atoms with Gasteiger partial charge in [0.05, 0.1) is 6.61 Å². The van der Waals surface area contributed by atoms with Crippen LogP contribution in [0.3, 0.4) is 0 Å². The van der Waals surface area contributed by atoms with E-state index in [0.29, 0.717) is 5.15 Å². The minimum Gasteiger partial charge on any atom is -0.396 e. The van der Waals surface area contributed by atoms with Crippen LogP contribution in [-0.4, -0.2) is 41.8 Å². The van der Waals surface area contributed by atoms with Gasteiger partial charge in [-0.1, -0.05) is 18.5 Å². The predicted octanol–water partition coefficient (Wildman–Crippen LogP) is 1.77. The minimum atomic E-state index is -0.0688. The molecule has 6 heteroatoms. The van der Waals surface area contributed by atoms with Crippen molar-refractivity contribution in [3.63, 3.8) is 0 Å². The van der Waals surface area contributed by atoms with E-state index in [2.05, 4.69) is 27.1 Å². The molecule has 1 atom stereocenters. The van der Waals surface area contributed by atoms with Crippen LogP contribution in [0.25, 0.3) is 0 Å². The molecule has 1 aliphatic heterocycles. The van der Waals surface area contributed by atoms with Crippen molar-refractivity contribution in [3.05, 3.63) is 11.5 Å². The van der Waals surface area contributed by atoms with Crippen molar-refractivity contribution in [1.82, 2.24) is 9.97 Å². The molecule has 0 aromatic carbocycles. The number of rotatable bonds is 3. The molecule has 0 amide bonds. The van der Waals surface area contributed by atoms with Gasteiger partial charge in [-0.15, -0.1) is 0 Å². The van der Waals surface area contributed by atoms with Crippen LogP contribution in [0.1, 0.15) is 19.8 Å². The second-order valence-electron chi connectivity index (χ2n) is 5.11. The lowest BCUT2D eigenvalue weighted by atomic mass is 9.83. The molecule has 5 nitrogen and oxygen atoms in total. The molecule has 2 N–H and O–H groups in total. The molecule has 0 radical (unpaired) electrons. The van der Waals surface area contributed by atoms with E-state index < -0.39 is 0 Å². The van der Waals surface area contributed by atoms with Gasteiger partial charge in [0, 0.05) is 25.6 Å². The lowest BCUT2D eigenvalue weighted by Gasteiger charge is -2.40. The summed E-state index contributed by atoms with van der Waals surface area (Å²) in [6.45, 7) is 4.00. The maximum absolute atomic E-state index is 9.49. The van der Waals surface area contributed by atoms with Crippen LogP contribution in [0, 0.1) is 5.41 Å². The SMILES string of the molecule is CNc1c(Cl)ncnc1N1CCCC(C)(CO)C1. The summed E-state index contributed by atoms with van der Waals surface area (Å²) in [5.41, 5.74) is 0.682. The number of halogens is 1. The van der Waals surface area contributed by atoms with E-state index in [4.69, 9.17) is 11.6 Å². The van der Waals surface area contributed by atoms with E-state index in [9.17, 15) is 5.11 Å². The molecular formula is C12H19ClN4O. The highest BCUT2D eigenvalue weighted by molar-refractivity contribution is 6.32. The summed E-state index contributed by atoms with van der Waals surface area (Å²) in [5.74, 6) is 0.817. The Kier molecular flexibility index (Phi) is 3.92. The van der Waals surface area contributed by atoms with Crippen LogP contribution in [0.5, 0.6) is 0 Å². The van der Waals surface area contributed by atoms with Crippen LogP contribution in [0.4, 0.5) is 11.5 Å². The summed E-state index contributed by atoms with van der Waals surface area (Å²) in [4.78, 5) is 10.5. The highest BCUT2D eigenvalue weighted by Crippen LogP contribution is 2.35. The van der Waals surface area contributed by atoms with Crippen molar-refractivity contribution < 1.29 is 5.11 Å². The Morgan fingerprint density at radius 3 is 3.00 bits per heavy atom. The summed E-state index contributed by atoms with van der Waals surface area (Å²) in [6.07, 6.45) is 3.55. The zero-order chi connectivity index (χ0) is 13.2. The van der Waals surface area contributed by atoms with Crippen molar-refractivity contribution in [1.29, 1.82) is 0 Å². The van der Waals surface area contributed by atoms with Crippen LogP contribution >= 0.6 is 11.6 Å². The number of aromatic nitrogens is 2. The molecule has 0 bridgehead atoms. The molecule has 0 spiro atoms. The number of aliphatic hydroxyl groups is 1. The Balaban J connectivity index is 2.29. The Hall–Kier alpha value is -1.07. The third kappa shape index (κ3) is 2.52. The fourth-order valence-electron chi connectivity index (χ4n) is 2.44. The van der Waals surface area contributed by atoms with Crippen LogP contribution in [-0.2, 0) is 0 Å². The zero-order valence-electron chi connectivity index (χ0n) is 10.8. The molecule has 2 heterocycles. The number of hydrogen-bond donors (Lipinski definition) is 2. The topological polar surface area (TPSA) is 61.3 Å². The first kappa shape index (κ1) is 13.4. The van der Waals surface area contributed by atoms with Gasteiger partial charge in [-0.2, -0.15) is 0 Å². The Labute approximate surface area is 112 Å². The van der Waals surface area contributed by atoms with Gasteiger partial charge in [0.15, 0.2) is 11.0 Å². The summed E-state index contributed by atoms with van der Waals surface area (Å²) in [5, 5.41) is 13.0.